The van der Waals surface area contributed by atoms with Crippen LogP contribution in [0.25, 0.3) is 178 Å². The molecule has 0 unspecified atom stereocenters. The van der Waals surface area contributed by atoms with Gasteiger partial charge in [0.25, 0.3) is 0 Å². The molecule has 24 rings (SSSR count). The van der Waals surface area contributed by atoms with Crippen molar-refractivity contribution in [3.8, 4) is 113 Å². The maximum atomic E-state index is 6.70. The third kappa shape index (κ3) is 11.6. The summed E-state index contributed by atoms with van der Waals surface area (Å²) in [5, 5.41) is 8.94. The maximum Gasteiger partial charge on any atom is 0.164 e. The molecule has 4 heterocycles. The third-order valence-corrected chi connectivity index (χ3v) is 24.4. The van der Waals surface area contributed by atoms with Gasteiger partial charge in [0.1, 0.15) is 22.3 Å². The summed E-state index contributed by atoms with van der Waals surface area (Å²) in [6, 6.07) is 150. The zero-order valence-corrected chi connectivity index (χ0v) is 64.9. The van der Waals surface area contributed by atoms with Crippen LogP contribution in [0, 0.1) is 0 Å². The van der Waals surface area contributed by atoms with Gasteiger partial charge in [-0.3, -0.25) is 0 Å². The molecule has 22 aromatic rings. The minimum Gasteiger partial charge on any atom is -0.456 e. The molecule has 8 nitrogen and oxygen atoms in total. The van der Waals surface area contributed by atoms with Crippen molar-refractivity contribution in [3.05, 3.63) is 469 Å². The highest BCUT2D eigenvalue weighted by Gasteiger charge is 2.48. The molecule has 0 amide bonds. The van der Waals surface area contributed by atoms with Gasteiger partial charge in [-0.15, -0.1) is 0 Å². The summed E-state index contributed by atoms with van der Waals surface area (Å²) in [4.78, 5) is 29.9. The van der Waals surface area contributed by atoms with E-state index in [1.807, 2.05) is 91.0 Å². The number of rotatable bonds is 12. The molecular formula is C112H70N6O2. The zero-order chi connectivity index (χ0) is 79.2. The molecule has 0 saturated carbocycles. The van der Waals surface area contributed by atoms with Crippen LogP contribution in [0.2, 0.25) is 0 Å². The molecule has 0 atom stereocenters. The Kier molecular flexibility index (Phi) is 16.5. The van der Waals surface area contributed by atoms with Crippen LogP contribution in [-0.2, 0) is 10.8 Å². The predicted octanol–water partition coefficient (Wildman–Crippen LogP) is 27.9. The molecule has 0 spiro atoms. The Bertz CT molecular complexity index is 7650. The Morgan fingerprint density at radius 1 is 0.158 bits per heavy atom. The molecule has 0 fully saturated rings. The molecule has 0 bridgehead atoms. The molecule has 0 aliphatic heterocycles. The summed E-state index contributed by atoms with van der Waals surface area (Å²) < 4.78 is 13.4. The summed E-state index contributed by atoms with van der Waals surface area (Å²) in [7, 11) is 0. The van der Waals surface area contributed by atoms with Gasteiger partial charge >= 0.3 is 0 Å². The molecule has 120 heavy (non-hydrogen) atoms. The first-order valence-electron chi connectivity index (χ1n) is 40.7. The highest BCUT2D eigenvalue weighted by atomic mass is 16.3. The van der Waals surface area contributed by atoms with E-state index in [0.717, 1.165) is 116 Å². The van der Waals surface area contributed by atoms with Gasteiger partial charge < -0.3 is 8.83 Å². The number of furan rings is 2. The average Bonchev–Trinajstić information content (AvgIpc) is 1.54. The minimum atomic E-state index is -0.489. The molecule has 0 N–H and O–H groups in total. The van der Waals surface area contributed by atoms with Gasteiger partial charge in [-0.2, -0.15) is 0 Å². The van der Waals surface area contributed by atoms with E-state index in [4.69, 9.17) is 38.7 Å². The second-order valence-electron chi connectivity index (χ2n) is 31.1. The standard InChI is InChI=1S/2C56H35N3O/c1-4-14-36(15-5-1)53-57-54(37-16-6-2-7-17-37)59-55(58-53)42-27-26-38-32-39(24-25-40(38)33-42)41-28-31-51-48(34-41)47-30-29-44(35-52(47)60-51)56(43-18-8-3-9-19-43)49-22-12-10-20-45(49)46-21-11-13-23-50(46)56;1-3-15-37(16-4-1)53-57-54(59-55(58-53)42-27-26-36-14-7-8-17-38(36)32-42)41-19-13-18-39(33-41)40-28-31-51-48(34-40)47-30-29-44(35-52(47)60-51)56(43-20-5-2-6-21-43)49-24-11-9-22-45(49)46-23-10-12-25-50(46)56/h2*1-35H. The van der Waals surface area contributed by atoms with Gasteiger partial charge in [-0.05, 0) is 171 Å². The molecule has 4 aromatic heterocycles. The highest BCUT2D eigenvalue weighted by Crippen LogP contribution is 2.59. The van der Waals surface area contributed by atoms with Gasteiger partial charge in [0, 0.05) is 54.9 Å². The number of hydrogen-bond acceptors (Lipinski definition) is 8. The lowest BCUT2D eigenvalue weighted by molar-refractivity contribution is 0.665. The van der Waals surface area contributed by atoms with Crippen LogP contribution in [0.1, 0.15) is 44.5 Å². The first kappa shape index (κ1) is 69.6. The molecule has 0 radical (unpaired) electrons. The number of hydrogen-bond donors (Lipinski definition) is 0. The van der Waals surface area contributed by atoms with E-state index >= 15 is 0 Å². The van der Waals surface area contributed by atoms with Crippen molar-refractivity contribution in [3.63, 3.8) is 0 Å². The first-order valence-corrected chi connectivity index (χ1v) is 40.7. The lowest BCUT2D eigenvalue weighted by Gasteiger charge is -2.33. The maximum absolute atomic E-state index is 6.70. The van der Waals surface area contributed by atoms with Crippen LogP contribution in [0.5, 0.6) is 0 Å². The molecule has 8 heteroatoms. The van der Waals surface area contributed by atoms with E-state index < -0.39 is 10.8 Å². The fraction of sp³-hybridized carbons (Fsp3) is 0.0179. The smallest absolute Gasteiger partial charge is 0.164 e. The number of nitrogens with zero attached hydrogens (tertiary/aromatic N) is 6. The number of aromatic nitrogens is 6. The molecule has 18 aromatic carbocycles. The summed E-state index contributed by atoms with van der Waals surface area (Å²) in [5.41, 5.74) is 27.7. The number of fused-ring (bicyclic) bond motifs is 14. The van der Waals surface area contributed by atoms with Crippen LogP contribution < -0.4 is 0 Å². The normalized spacial score (nSPS) is 12.8. The Labute approximate surface area is 692 Å². The summed E-state index contributed by atoms with van der Waals surface area (Å²) in [5.74, 6) is 3.85. The van der Waals surface area contributed by atoms with E-state index in [1.54, 1.807) is 0 Å². The van der Waals surface area contributed by atoms with E-state index in [-0.39, 0.29) is 0 Å². The first-order chi connectivity index (χ1) is 59.4. The molecule has 2 aliphatic carbocycles. The van der Waals surface area contributed by atoms with Crippen molar-refractivity contribution in [1.82, 2.24) is 29.9 Å². The average molecular weight is 1530 g/mol. The van der Waals surface area contributed by atoms with Crippen LogP contribution in [0.15, 0.2) is 433 Å². The lowest BCUT2D eigenvalue weighted by atomic mass is 9.67. The van der Waals surface area contributed by atoms with Crippen molar-refractivity contribution in [2.24, 2.45) is 0 Å². The molecule has 560 valence electrons. The molecule has 0 saturated heterocycles. The van der Waals surface area contributed by atoms with Gasteiger partial charge in [0.05, 0.1) is 10.8 Å². The van der Waals surface area contributed by atoms with Crippen LogP contribution in [0.3, 0.4) is 0 Å². The molecular weight excluding hydrogens is 1460 g/mol. The van der Waals surface area contributed by atoms with Crippen molar-refractivity contribution >= 4 is 65.4 Å². The van der Waals surface area contributed by atoms with Crippen LogP contribution in [0.4, 0.5) is 0 Å². The van der Waals surface area contributed by atoms with E-state index in [1.165, 1.54) is 72.1 Å². The van der Waals surface area contributed by atoms with Gasteiger partial charge in [-0.1, -0.05) is 364 Å². The fourth-order valence-corrected chi connectivity index (χ4v) is 18.8. The Morgan fingerprint density at radius 3 is 0.858 bits per heavy atom. The van der Waals surface area contributed by atoms with Crippen LogP contribution in [-0.4, -0.2) is 29.9 Å². The van der Waals surface area contributed by atoms with Crippen molar-refractivity contribution in [2.45, 2.75) is 10.8 Å². The quantitative estimate of drug-likeness (QED) is 0.119. The Hall–Kier alpha value is -15.9. The topological polar surface area (TPSA) is 104 Å². The monoisotopic (exact) mass is 1530 g/mol. The lowest BCUT2D eigenvalue weighted by Crippen LogP contribution is -2.28. The largest absolute Gasteiger partial charge is 0.456 e. The summed E-state index contributed by atoms with van der Waals surface area (Å²) >= 11 is 0. The highest BCUT2D eigenvalue weighted by molar-refractivity contribution is 6.09. The summed E-state index contributed by atoms with van der Waals surface area (Å²) in [6.07, 6.45) is 0. The van der Waals surface area contributed by atoms with Crippen molar-refractivity contribution in [1.29, 1.82) is 0 Å². The van der Waals surface area contributed by atoms with Crippen molar-refractivity contribution in [2.75, 3.05) is 0 Å². The zero-order valence-electron chi connectivity index (χ0n) is 64.9. The second-order valence-corrected chi connectivity index (χ2v) is 31.1. The second kappa shape index (κ2) is 28.5. The number of benzene rings is 18. The van der Waals surface area contributed by atoms with E-state index in [2.05, 4.69) is 334 Å². The van der Waals surface area contributed by atoms with Crippen LogP contribution >= 0.6 is 0 Å². The predicted molar refractivity (Wildman–Crippen MR) is 487 cm³/mol. The van der Waals surface area contributed by atoms with E-state index in [9.17, 15) is 0 Å². The minimum absolute atomic E-state index is 0.477. The van der Waals surface area contributed by atoms with Gasteiger partial charge in [0.15, 0.2) is 34.9 Å². The van der Waals surface area contributed by atoms with Gasteiger partial charge in [0.2, 0.25) is 0 Å². The SMILES string of the molecule is c1ccc(-c2nc(-c3cccc(-c4ccc5oc6cc(C7(c8ccccc8)c8ccccc8-c8ccccc87)ccc6c5c4)c3)nc(-c3ccc4ccccc4c3)n2)cc1.c1ccc(-c2nc(-c3ccccc3)nc(-c3ccc4cc(-c5ccc6oc7cc(C8(c9ccccc9)c9ccccc9-c9ccccc98)ccc7c6c5)ccc4c3)n2)cc1. The molecule has 2 aliphatic rings. The Balaban J connectivity index is 0.000000140. The summed E-state index contributed by atoms with van der Waals surface area (Å²) in [6.45, 7) is 0. The third-order valence-electron chi connectivity index (χ3n) is 24.4. The van der Waals surface area contributed by atoms with Crippen molar-refractivity contribution < 1.29 is 8.83 Å². The fourth-order valence-electron chi connectivity index (χ4n) is 18.8. The Morgan fingerprint density at radius 2 is 0.442 bits per heavy atom. The van der Waals surface area contributed by atoms with E-state index in [0.29, 0.717) is 34.9 Å². The van der Waals surface area contributed by atoms with Gasteiger partial charge in [-0.25, -0.2) is 29.9 Å².